The number of esters is 2. The van der Waals surface area contributed by atoms with Gasteiger partial charge in [-0.3, -0.25) is 0 Å². The van der Waals surface area contributed by atoms with E-state index in [0.717, 1.165) is 56.1 Å². The highest BCUT2D eigenvalue weighted by atomic mass is 32.2. The lowest BCUT2D eigenvalue weighted by atomic mass is 9.70. The Kier molecular flexibility index (Phi) is 23.8. The maximum Gasteiger partial charge on any atom is 0.408 e. The zero-order valence-corrected chi connectivity index (χ0v) is 44.1. The first-order valence-corrected chi connectivity index (χ1v) is 28.2. The van der Waals surface area contributed by atoms with Crippen molar-refractivity contribution in [1.82, 2.24) is 10.6 Å². The van der Waals surface area contributed by atoms with Crippen LogP contribution in [0.5, 0.6) is 11.5 Å². The number of rotatable bonds is 26. The molecule has 4 atom stereocenters. The molecule has 13 heteroatoms. The zero-order valence-electron chi connectivity index (χ0n) is 41.7. The SMILES string of the molecule is CCCCCCSCCc1ccc(CCCCC2c3ccc(OC(=O)[C@H](CCSC)NC(=O)OC(C)(C)C)cc3CCC2c2ccc(OC(=O)[C@H](CCSC)NC(=O)OC(C)(C)C)cc2)cc1. The van der Waals surface area contributed by atoms with Crippen molar-refractivity contribution in [1.29, 1.82) is 0 Å². The van der Waals surface area contributed by atoms with Gasteiger partial charge in [-0.05, 0) is 199 Å². The van der Waals surface area contributed by atoms with Crippen molar-refractivity contribution in [2.45, 2.75) is 167 Å². The van der Waals surface area contributed by atoms with Gasteiger partial charge in [-0.2, -0.15) is 35.3 Å². The summed E-state index contributed by atoms with van der Waals surface area (Å²) in [6, 6.07) is 21.3. The topological polar surface area (TPSA) is 129 Å². The Labute approximate surface area is 414 Å². The maximum atomic E-state index is 13.5. The van der Waals surface area contributed by atoms with E-state index in [4.69, 9.17) is 18.9 Å². The van der Waals surface area contributed by atoms with Crippen molar-refractivity contribution in [2.24, 2.45) is 0 Å². The second-order valence-corrected chi connectivity index (χ2v) is 22.7. The standard InChI is InChI=1S/C54H78N2O8S3/c1-10-11-12-15-33-67-36-30-39-20-18-38(19-21-39)16-13-14-17-46-44(40-22-25-42(26-23-40)61-49(57)47(31-34-65-8)55-51(59)63-53(2,3)4)28-24-41-37-43(27-29-45(41)46)62-50(58)48(32-35-66-9)56-52(60)64-54(5,6)7/h18-23,25-27,29,37,44,46-48H,10-17,24,28,30-36H2,1-9H3,(H,55,59)(H,56,60)/t44?,46?,47-,48-/m0/s1. The minimum atomic E-state index is -0.847. The number of thioether (sulfide) groups is 3. The lowest BCUT2D eigenvalue weighted by molar-refractivity contribution is -0.137. The molecule has 3 aromatic rings. The van der Waals surface area contributed by atoms with Crippen LogP contribution >= 0.6 is 35.3 Å². The van der Waals surface area contributed by atoms with Crippen LogP contribution in [0.25, 0.3) is 0 Å². The first-order valence-electron chi connectivity index (χ1n) is 24.3. The van der Waals surface area contributed by atoms with Crippen molar-refractivity contribution in [3.63, 3.8) is 0 Å². The van der Waals surface area contributed by atoms with Crippen LogP contribution in [-0.4, -0.2) is 82.9 Å². The molecule has 4 rings (SSSR count). The zero-order chi connectivity index (χ0) is 48.8. The van der Waals surface area contributed by atoms with Gasteiger partial charge in [0.2, 0.25) is 0 Å². The molecule has 0 radical (unpaired) electrons. The quantitative estimate of drug-likeness (QED) is 0.0453. The summed E-state index contributed by atoms with van der Waals surface area (Å²) in [6.45, 7) is 13.0. The number of carbonyl (C=O) groups is 4. The van der Waals surface area contributed by atoms with E-state index >= 15 is 0 Å². The van der Waals surface area contributed by atoms with Crippen molar-refractivity contribution >= 4 is 59.4 Å². The minimum absolute atomic E-state index is 0.209. The summed E-state index contributed by atoms with van der Waals surface area (Å²) in [5.41, 5.74) is 4.93. The van der Waals surface area contributed by atoms with Crippen molar-refractivity contribution in [2.75, 3.05) is 35.5 Å². The summed E-state index contributed by atoms with van der Waals surface area (Å²) < 4.78 is 22.6. The Balaban J connectivity index is 1.48. The first kappa shape index (κ1) is 55.8. The van der Waals surface area contributed by atoms with E-state index in [1.54, 1.807) is 65.1 Å². The van der Waals surface area contributed by atoms with Crippen LogP contribution in [0.3, 0.4) is 0 Å². The Bertz CT molecular complexity index is 1980. The van der Waals surface area contributed by atoms with Gasteiger partial charge in [0.25, 0.3) is 0 Å². The number of benzene rings is 3. The largest absolute Gasteiger partial charge is 0.444 e. The minimum Gasteiger partial charge on any atom is -0.444 e. The van der Waals surface area contributed by atoms with Gasteiger partial charge in [-0.15, -0.1) is 0 Å². The van der Waals surface area contributed by atoms with Crippen LogP contribution in [0, 0.1) is 0 Å². The maximum absolute atomic E-state index is 13.5. The van der Waals surface area contributed by atoms with Gasteiger partial charge in [0, 0.05) is 0 Å². The van der Waals surface area contributed by atoms with Gasteiger partial charge in [0.15, 0.2) is 0 Å². The molecule has 2 N–H and O–H groups in total. The summed E-state index contributed by atoms with van der Waals surface area (Å²) in [5.74, 6) is 3.99. The van der Waals surface area contributed by atoms with Crippen LogP contribution in [0.1, 0.15) is 152 Å². The predicted molar refractivity (Wildman–Crippen MR) is 279 cm³/mol. The van der Waals surface area contributed by atoms with E-state index in [0.29, 0.717) is 35.8 Å². The third-order valence-corrected chi connectivity index (χ3v) is 13.9. The number of alkyl carbamates (subject to hydrolysis) is 2. The number of unbranched alkanes of at least 4 members (excludes halogenated alkanes) is 4. The monoisotopic (exact) mass is 978 g/mol. The molecular weight excluding hydrogens is 901 g/mol. The molecule has 0 aliphatic heterocycles. The summed E-state index contributed by atoms with van der Waals surface area (Å²) in [5, 5.41) is 5.43. The van der Waals surface area contributed by atoms with Gasteiger partial charge in [-0.1, -0.05) is 75.1 Å². The lowest BCUT2D eigenvalue weighted by Gasteiger charge is -2.35. The fourth-order valence-corrected chi connectivity index (χ4v) is 10.2. The van der Waals surface area contributed by atoms with Gasteiger partial charge in [-0.25, -0.2) is 19.2 Å². The van der Waals surface area contributed by atoms with E-state index in [1.165, 1.54) is 53.9 Å². The predicted octanol–water partition coefficient (Wildman–Crippen LogP) is 12.9. The molecule has 3 aromatic carbocycles. The molecule has 370 valence electrons. The summed E-state index contributed by atoms with van der Waals surface area (Å²) >= 11 is 5.25. The molecule has 1 aliphatic rings. The van der Waals surface area contributed by atoms with Crippen LogP contribution in [-0.2, 0) is 38.3 Å². The van der Waals surface area contributed by atoms with Crippen molar-refractivity contribution in [3.05, 3.63) is 94.5 Å². The van der Waals surface area contributed by atoms with Crippen LogP contribution in [0.2, 0.25) is 0 Å². The Morgan fingerprint density at radius 3 is 1.75 bits per heavy atom. The molecule has 0 saturated carbocycles. The van der Waals surface area contributed by atoms with E-state index in [2.05, 4.69) is 71.8 Å². The molecule has 0 heterocycles. The summed E-state index contributed by atoms with van der Waals surface area (Å²) in [4.78, 5) is 52.1. The van der Waals surface area contributed by atoms with Crippen LogP contribution in [0.15, 0.2) is 66.7 Å². The molecule has 1 aliphatic carbocycles. The number of carbonyl (C=O) groups excluding carboxylic acids is 4. The highest BCUT2D eigenvalue weighted by Gasteiger charge is 2.32. The molecule has 2 amide bonds. The Morgan fingerprint density at radius 1 is 0.642 bits per heavy atom. The molecule has 2 unspecified atom stereocenters. The number of nitrogens with one attached hydrogen (secondary N) is 2. The van der Waals surface area contributed by atoms with E-state index < -0.39 is 47.4 Å². The number of fused-ring (bicyclic) bond motifs is 1. The average Bonchev–Trinajstić information content (AvgIpc) is 3.27. The fraction of sp³-hybridized carbons (Fsp3) is 0.593. The number of aryl methyl sites for hydroxylation is 3. The summed E-state index contributed by atoms with van der Waals surface area (Å²) in [6.07, 6.45) is 15.6. The van der Waals surface area contributed by atoms with Crippen LogP contribution < -0.4 is 20.1 Å². The molecular formula is C54H78N2O8S3. The molecule has 0 spiro atoms. The van der Waals surface area contributed by atoms with Crippen LogP contribution in [0.4, 0.5) is 9.59 Å². The molecule has 0 saturated heterocycles. The fourth-order valence-electron chi connectivity index (χ4n) is 8.22. The second-order valence-electron chi connectivity index (χ2n) is 19.5. The molecule has 0 fully saturated rings. The van der Waals surface area contributed by atoms with E-state index in [1.807, 2.05) is 36.8 Å². The first-order chi connectivity index (χ1) is 32.0. The molecule has 0 aromatic heterocycles. The number of ether oxygens (including phenoxy) is 4. The molecule has 67 heavy (non-hydrogen) atoms. The molecule has 0 bridgehead atoms. The van der Waals surface area contributed by atoms with Gasteiger partial charge in [0.1, 0.15) is 34.8 Å². The van der Waals surface area contributed by atoms with Crippen molar-refractivity contribution < 1.29 is 38.1 Å². The normalized spacial score (nSPS) is 15.7. The third kappa shape index (κ3) is 20.8. The third-order valence-electron chi connectivity index (χ3n) is 11.6. The second kappa shape index (κ2) is 28.6. The van der Waals surface area contributed by atoms with E-state index in [9.17, 15) is 19.2 Å². The number of amides is 2. The highest BCUT2D eigenvalue weighted by molar-refractivity contribution is 7.99. The highest BCUT2D eigenvalue weighted by Crippen LogP contribution is 2.46. The Morgan fingerprint density at radius 2 is 1.19 bits per heavy atom. The van der Waals surface area contributed by atoms with Gasteiger partial charge < -0.3 is 29.6 Å². The van der Waals surface area contributed by atoms with Crippen molar-refractivity contribution in [3.8, 4) is 11.5 Å². The Hall–Kier alpha value is -3.81. The molecule has 10 nitrogen and oxygen atoms in total. The average molecular weight is 979 g/mol. The smallest absolute Gasteiger partial charge is 0.408 e. The van der Waals surface area contributed by atoms with Gasteiger partial charge >= 0.3 is 24.1 Å². The van der Waals surface area contributed by atoms with E-state index in [-0.39, 0.29) is 11.8 Å². The number of hydrogen-bond acceptors (Lipinski definition) is 11. The lowest BCUT2D eigenvalue weighted by Crippen LogP contribution is -2.45. The summed E-state index contributed by atoms with van der Waals surface area (Å²) in [7, 11) is 0. The van der Waals surface area contributed by atoms with Gasteiger partial charge in [0.05, 0.1) is 0 Å². The number of hydrogen-bond donors (Lipinski definition) is 2.